The highest BCUT2D eigenvalue weighted by Gasteiger charge is 2.48. The van der Waals surface area contributed by atoms with Crippen molar-refractivity contribution >= 4 is 18.1 Å². The van der Waals surface area contributed by atoms with Gasteiger partial charge < -0.3 is 4.79 Å². The Bertz CT molecular complexity index is 593. The first-order valence-corrected chi connectivity index (χ1v) is 7.07. The topological polar surface area (TPSA) is 97.6 Å². The van der Waals surface area contributed by atoms with Gasteiger partial charge in [-0.1, -0.05) is 25.5 Å². The minimum absolute atomic E-state index is 0.0626. The van der Waals surface area contributed by atoms with Crippen LogP contribution in [0.1, 0.15) is 46.9 Å². The molecule has 2 atom stereocenters. The van der Waals surface area contributed by atoms with E-state index in [-0.39, 0.29) is 17.5 Å². The van der Waals surface area contributed by atoms with E-state index in [9.17, 15) is 24.5 Å². The van der Waals surface area contributed by atoms with Crippen LogP contribution in [0.5, 0.6) is 0 Å². The van der Waals surface area contributed by atoms with E-state index in [4.69, 9.17) is 0 Å². The number of nitrogens with zero attached hydrogens (tertiary/aromatic N) is 2. The second-order valence-electron chi connectivity index (χ2n) is 5.18. The van der Waals surface area contributed by atoms with Crippen LogP contribution in [0.25, 0.3) is 0 Å². The first-order chi connectivity index (χ1) is 10.5. The first kappa shape index (κ1) is 15.8. The van der Waals surface area contributed by atoms with Crippen molar-refractivity contribution in [3.05, 3.63) is 45.5 Å². The van der Waals surface area contributed by atoms with E-state index in [1.807, 2.05) is 6.92 Å². The van der Waals surface area contributed by atoms with Crippen LogP contribution >= 0.6 is 0 Å². The molecule has 0 N–H and O–H groups in total. The molecule has 1 aliphatic heterocycles. The van der Waals surface area contributed by atoms with Crippen LogP contribution in [0.3, 0.4) is 0 Å². The van der Waals surface area contributed by atoms with Gasteiger partial charge in [-0.3, -0.25) is 19.7 Å². The van der Waals surface area contributed by atoms with Gasteiger partial charge in [-0.2, -0.15) is 0 Å². The molecule has 0 unspecified atom stereocenters. The molecule has 22 heavy (non-hydrogen) atoms. The van der Waals surface area contributed by atoms with Crippen LogP contribution < -0.4 is 0 Å². The fraction of sp³-hybridized carbons (Fsp3) is 0.400. The third-order valence-corrected chi connectivity index (χ3v) is 3.79. The molecule has 7 heteroatoms. The zero-order chi connectivity index (χ0) is 16.3. The summed E-state index contributed by atoms with van der Waals surface area (Å²) in [6, 6.07) is 6.15. The predicted octanol–water partition coefficient (Wildman–Crippen LogP) is 1.89. The lowest BCUT2D eigenvalue weighted by Crippen LogP contribution is -2.49. The second kappa shape index (κ2) is 6.46. The summed E-state index contributed by atoms with van der Waals surface area (Å²) in [5.41, 5.74) is 0.335. The second-order valence-corrected chi connectivity index (χ2v) is 5.18. The van der Waals surface area contributed by atoms with Crippen molar-refractivity contribution in [2.24, 2.45) is 5.92 Å². The summed E-state index contributed by atoms with van der Waals surface area (Å²) in [5, 5.41) is 11.5. The van der Waals surface area contributed by atoms with E-state index in [2.05, 4.69) is 0 Å². The smallest absolute Gasteiger partial charge is 0.299 e. The van der Waals surface area contributed by atoms with Gasteiger partial charge in [-0.15, -0.1) is 0 Å². The number of hydrogen-bond acceptors (Lipinski definition) is 5. The molecule has 0 fully saturated rings. The Labute approximate surface area is 127 Å². The summed E-state index contributed by atoms with van der Waals surface area (Å²) in [7, 11) is 0. The predicted molar refractivity (Wildman–Crippen MR) is 76.8 cm³/mol. The number of hydrogen-bond donors (Lipinski definition) is 0. The van der Waals surface area contributed by atoms with Crippen LogP contribution in [-0.2, 0) is 4.79 Å². The minimum atomic E-state index is -1.52. The molecule has 116 valence electrons. The lowest BCUT2D eigenvalue weighted by atomic mass is 9.96. The van der Waals surface area contributed by atoms with Crippen molar-refractivity contribution in [2.45, 2.75) is 32.4 Å². The van der Waals surface area contributed by atoms with Gasteiger partial charge in [-0.05, 0) is 18.6 Å². The highest BCUT2D eigenvalue weighted by atomic mass is 16.6. The summed E-state index contributed by atoms with van der Waals surface area (Å²) < 4.78 is 0. The standard InChI is InChI=1S/C15H16N2O5/c1-2-5-10(8-9-18)13(17(21)22)16-14(19)11-6-3-4-7-12(11)15(16)20/h3-4,6-7,9-10,13H,2,5,8H2,1H3/t10-,13+/m1/s1. The highest BCUT2D eigenvalue weighted by molar-refractivity contribution is 6.21. The molecule has 1 aromatic carbocycles. The van der Waals surface area contributed by atoms with Crippen LogP contribution in [0.15, 0.2) is 24.3 Å². The average Bonchev–Trinajstić information content (AvgIpc) is 2.73. The fourth-order valence-electron chi connectivity index (χ4n) is 2.81. The molecule has 1 aliphatic rings. The van der Waals surface area contributed by atoms with Gasteiger partial charge in [0.05, 0.1) is 17.0 Å². The van der Waals surface area contributed by atoms with Crippen molar-refractivity contribution in [3.63, 3.8) is 0 Å². The number of carbonyl (C=O) groups is 3. The normalized spacial score (nSPS) is 16.3. The molecule has 0 aliphatic carbocycles. The Balaban J connectivity index is 2.42. The van der Waals surface area contributed by atoms with Gasteiger partial charge >= 0.3 is 0 Å². The first-order valence-electron chi connectivity index (χ1n) is 7.07. The lowest BCUT2D eigenvalue weighted by molar-refractivity contribution is -0.551. The van der Waals surface area contributed by atoms with Gasteiger partial charge in [0.25, 0.3) is 18.0 Å². The number of carbonyl (C=O) groups excluding carboxylic acids is 3. The number of aldehydes is 1. The summed E-state index contributed by atoms with van der Waals surface area (Å²) >= 11 is 0. The SMILES string of the molecule is CCC[C@H](CC=O)[C@@H](N1C(=O)c2ccccc2C1=O)[N+](=O)[O-]. The van der Waals surface area contributed by atoms with E-state index in [0.29, 0.717) is 24.0 Å². The van der Waals surface area contributed by atoms with Gasteiger partial charge in [0.1, 0.15) is 6.29 Å². The zero-order valence-electron chi connectivity index (χ0n) is 12.1. The Morgan fingerprint density at radius 3 is 2.18 bits per heavy atom. The van der Waals surface area contributed by atoms with E-state index >= 15 is 0 Å². The number of rotatable bonds is 7. The molecule has 0 spiro atoms. The average molecular weight is 304 g/mol. The molecular formula is C15H16N2O5. The number of imide groups is 1. The van der Waals surface area contributed by atoms with Crippen molar-refractivity contribution < 1.29 is 19.3 Å². The third kappa shape index (κ3) is 2.61. The summed E-state index contributed by atoms with van der Waals surface area (Å²) in [6.45, 7) is 1.83. The van der Waals surface area contributed by atoms with E-state index < -0.39 is 28.8 Å². The summed E-state index contributed by atoms with van der Waals surface area (Å²) in [6.07, 6.45) is 0.0173. The number of amides is 2. The number of benzene rings is 1. The quantitative estimate of drug-likeness (QED) is 0.331. The number of fused-ring (bicyclic) bond motifs is 1. The van der Waals surface area contributed by atoms with Crippen LogP contribution in [0.2, 0.25) is 0 Å². The fourth-order valence-corrected chi connectivity index (χ4v) is 2.81. The molecule has 0 saturated heterocycles. The van der Waals surface area contributed by atoms with Gasteiger partial charge in [-0.25, -0.2) is 4.90 Å². The maximum absolute atomic E-state index is 12.4. The minimum Gasteiger partial charge on any atom is -0.303 e. The Morgan fingerprint density at radius 1 is 1.23 bits per heavy atom. The summed E-state index contributed by atoms with van der Waals surface area (Å²) in [5.74, 6) is -2.02. The maximum Gasteiger partial charge on any atom is 0.299 e. The van der Waals surface area contributed by atoms with Crippen molar-refractivity contribution in [1.82, 2.24) is 4.90 Å². The Kier molecular flexibility index (Phi) is 4.65. The van der Waals surface area contributed by atoms with Crippen LogP contribution in [0.4, 0.5) is 0 Å². The molecule has 7 nitrogen and oxygen atoms in total. The lowest BCUT2D eigenvalue weighted by Gasteiger charge is -2.25. The van der Waals surface area contributed by atoms with Gasteiger partial charge in [0, 0.05) is 11.3 Å². The van der Waals surface area contributed by atoms with Crippen molar-refractivity contribution in [1.29, 1.82) is 0 Å². The largest absolute Gasteiger partial charge is 0.303 e. The number of nitro groups is 1. The van der Waals surface area contributed by atoms with E-state index in [1.54, 1.807) is 12.1 Å². The molecule has 0 aromatic heterocycles. The van der Waals surface area contributed by atoms with Crippen molar-refractivity contribution in [2.75, 3.05) is 0 Å². The van der Waals surface area contributed by atoms with Gasteiger partial charge in [0.15, 0.2) is 0 Å². The van der Waals surface area contributed by atoms with E-state index in [1.165, 1.54) is 12.1 Å². The molecular weight excluding hydrogens is 288 g/mol. The maximum atomic E-state index is 12.4. The summed E-state index contributed by atoms with van der Waals surface area (Å²) in [4.78, 5) is 47.1. The Morgan fingerprint density at radius 2 is 1.77 bits per heavy atom. The third-order valence-electron chi connectivity index (χ3n) is 3.79. The highest BCUT2D eigenvalue weighted by Crippen LogP contribution is 2.29. The Hall–Kier alpha value is -2.57. The monoisotopic (exact) mass is 304 g/mol. The molecule has 0 bridgehead atoms. The van der Waals surface area contributed by atoms with Crippen molar-refractivity contribution in [3.8, 4) is 0 Å². The van der Waals surface area contributed by atoms with Crippen LogP contribution in [0, 0.1) is 16.0 Å². The zero-order valence-corrected chi connectivity index (χ0v) is 12.1. The molecule has 2 rings (SSSR count). The van der Waals surface area contributed by atoms with Crippen LogP contribution in [-0.4, -0.2) is 34.1 Å². The molecule has 1 heterocycles. The van der Waals surface area contributed by atoms with Gasteiger partial charge in [0.2, 0.25) is 0 Å². The molecule has 0 saturated carbocycles. The molecule has 2 amide bonds. The molecule has 0 radical (unpaired) electrons. The van der Waals surface area contributed by atoms with E-state index in [0.717, 1.165) is 0 Å². The molecule has 1 aromatic rings.